The monoisotopic (exact) mass is 491 g/mol. The van der Waals surface area contributed by atoms with E-state index >= 15 is 0 Å². The van der Waals surface area contributed by atoms with E-state index in [4.69, 9.17) is 15.7 Å². The van der Waals surface area contributed by atoms with Crippen LogP contribution in [-0.2, 0) is 18.8 Å². The maximum absolute atomic E-state index is 14.0. The third kappa shape index (κ3) is 3.40. The molecule has 0 N–H and O–H groups in total. The number of ether oxygens (including phenoxy) is 1. The standard InChI is InChI=1S/C27H33N3O4Si/c1-25(2,3)35(6,7)33-16-14-27-13-12-26(4,34-27)20-21(27)24(32)30(23(20)31)19-11-10-18(28-5)22-17(19)9-8-15-29-22/h8-11,15,20-21H,12-14,16H2,1-4,6-7H3/t20-,21+,26?,27?/m1/s1. The van der Waals surface area contributed by atoms with Gasteiger partial charge in [0.05, 0.1) is 40.8 Å². The molecule has 4 heterocycles. The fraction of sp³-hybridized carbons (Fsp3) is 0.556. The molecule has 35 heavy (non-hydrogen) atoms. The van der Waals surface area contributed by atoms with Gasteiger partial charge in [0.2, 0.25) is 17.5 Å². The topological polar surface area (TPSA) is 73.1 Å². The van der Waals surface area contributed by atoms with E-state index in [-0.39, 0.29) is 16.9 Å². The minimum atomic E-state index is -1.95. The molecule has 0 aliphatic carbocycles. The van der Waals surface area contributed by atoms with Crippen LogP contribution in [-0.4, -0.2) is 42.9 Å². The molecule has 2 unspecified atom stereocenters. The molecule has 2 bridgehead atoms. The van der Waals surface area contributed by atoms with Gasteiger partial charge in [0.25, 0.3) is 0 Å². The lowest BCUT2D eigenvalue weighted by Crippen LogP contribution is -2.45. The summed E-state index contributed by atoms with van der Waals surface area (Å²) in [5.41, 5.74) is 0.0564. The van der Waals surface area contributed by atoms with Crippen molar-refractivity contribution in [1.29, 1.82) is 0 Å². The Labute approximate surface area is 207 Å². The quantitative estimate of drug-likeness (QED) is 0.308. The normalized spacial score (nSPS) is 30.3. The zero-order chi connectivity index (χ0) is 25.4. The highest BCUT2D eigenvalue weighted by Crippen LogP contribution is 2.62. The summed E-state index contributed by atoms with van der Waals surface area (Å²) in [6, 6.07) is 6.92. The van der Waals surface area contributed by atoms with Gasteiger partial charge < -0.3 is 9.16 Å². The molecule has 0 radical (unpaired) electrons. The summed E-state index contributed by atoms with van der Waals surface area (Å²) in [7, 11) is -1.95. The van der Waals surface area contributed by atoms with Crippen LogP contribution in [0.15, 0.2) is 30.5 Å². The fourth-order valence-electron chi connectivity index (χ4n) is 5.97. The van der Waals surface area contributed by atoms with Crippen molar-refractivity contribution in [2.75, 3.05) is 11.5 Å². The lowest BCUT2D eigenvalue weighted by atomic mass is 9.67. The van der Waals surface area contributed by atoms with Gasteiger partial charge in [-0.1, -0.05) is 32.9 Å². The fourth-order valence-corrected chi connectivity index (χ4v) is 7.02. The number of carbonyl (C=O) groups excluding carboxylic acids is 2. The molecule has 8 heteroatoms. The third-order valence-corrected chi connectivity index (χ3v) is 13.4. The molecule has 3 aliphatic rings. The molecule has 5 rings (SSSR count). The highest BCUT2D eigenvalue weighted by molar-refractivity contribution is 6.74. The predicted molar refractivity (Wildman–Crippen MR) is 137 cm³/mol. The Bertz CT molecular complexity index is 1280. The van der Waals surface area contributed by atoms with Crippen molar-refractivity contribution < 1.29 is 18.8 Å². The highest BCUT2D eigenvalue weighted by atomic mass is 28.4. The van der Waals surface area contributed by atoms with Crippen molar-refractivity contribution in [2.45, 2.75) is 76.3 Å². The number of hydrogen-bond donors (Lipinski definition) is 0. The van der Waals surface area contributed by atoms with Crippen molar-refractivity contribution in [1.82, 2.24) is 4.98 Å². The highest BCUT2D eigenvalue weighted by Gasteiger charge is 2.73. The summed E-state index contributed by atoms with van der Waals surface area (Å²) in [5.74, 6) is -1.46. The van der Waals surface area contributed by atoms with Crippen molar-refractivity contribution >= 4 is 42.4 Å². The van der Waals surface area contributed by atoms with E-state index in [1.165, 1.54) is 4.90 Å². The van der Waals surface area contributed by atoms with Gasteiger partial charge in [0, 0.05) is 18.2 Å². The molecular formula is C27H33N3O4Si. The summed E-state index contributed by atoms with van der Waals surface area (Å²) < 4.78 is 13.0. The number of benzene rings is 1. The average molecular weight is 492 g/mol. The Morgan fingerprint density at radius 3 is 2.60 bits per heavy atom. The minimum absolute atomic E-state index is 0.0937. The van der Waals surface area contributed by atoms with E-state index in [1.807, 2.05) is 13.0 Å². The molecule has 184 valence electrons. The van der Waals surface area contributed by atoms with Crippen LogP contribution in [0.5, 0.6) is 0 Å². The molecule has 0 spiro atoms. The molecule has 7 nitrogen and oxygen atoms in total. The van der Waals surface area contributed by atoms with Crippen LogP contribution >= 0.6 is 0 Å². The van der Waals surface area contributed by atoms with Gasteiger partial charge in [0.15, 0.2) is 8.32 Å². The molecule has 3 fully saturated rings. The molecule has 2 amide bonds. The molecule has 1 aromatic heterocycles. The number of anilines is 1. The second-order valence-electron chi connectivity index (χ2n) is 11.9. The number of carbonyl (C=O) groups is 2. The van der Waals surface area contributed by atoms with E-state index in [2.05, 4.69) is 43.7 Å². The second-order valence-corrected chi connectivity index (χ2v) is 16.7. The summed E-state index contributed by atoms with van der Waals surface area (Å²) in [5, 5.41) is 0.729. The maximum atomic E-state index is 14.0. The van der Waals surface area contributed by atoms with Gasteiger partial charge in [-0.05, 0) is 56.5 Å². The van der Waals surface area contributed by atoms with Gasteiger partial charge in [-0.25, -0.2) is 9.74 Å². The van der Waals surface area contributed by atoms with Gasteiger partial charge in [0.1, 0.15) is 0 Å². The first-order valence-corrected chi connectivity index (χ1v) is 15.2. The molecule has 4 atom stereocenters. The van der Waals surface area contributed by atoms with Gasteiger partial charge >= 0.3 is 0 Å². The van der Waals surface area contributed by atoms with Gasteiger partial charge in [-0.3, -0.25) is 14.6 Å². The Hall–Kier alpha value is -2.60. The van der Waals surface area contributed by atoms with Crippen LogP contribution in [0.2, 0.25) is 18.1 Å². The first-order valence-electron chi connectivity index (χ1n) is 12.3. The zero-order valence-electron chi connectivity index (χ0n) is 21.3. The SMILES string of the molecule is [C-]#[N+]c1ccc(N2C(=O)[C@@H]3[C@H](C2=O)C2(C)CCC3(CCO[Si](C)(C)C(C)(C)C)O2)c2cccnc12. The summed E-state index contributed by atoms with van der Waals surface area (Å²) in [6.45, 7) is 21.0. The van der Waals surface area contributed by atoms with Crippen molar-refractivity contribution in [3.05, 3.63) is 41.9 Å². The minimum Gasteiger partial charge on any atom is -0.417 e. The number of fused-ring (bicyclic) bond motifs is 6. The van der Waals surface area contributed by atoms with E-state index in [0.717, 1.165) is 12.8 Å². The van der Waals surface area contributed by atoms with Crippen LogP contribution in [0.4, 0.5) is 11.4 Å². The van der Waals surface area contributed by atoms with Gasteiger partial charge in [-0.15, -0.1) is 0 Å². The van der Waals surface area contributed by atoms with Crippen LogP contribution in [0, 0.1) is 18.4 Å². The van der Waals surface area contributed by atoms with Crippen LogP contribution < -0.4 is 4.90 Å². The third-order valence-electron chi connectivity index (χ3n) is 8.89. The number of amides is 2. The number of hydrogen-bond acceptors (Lipinski definition) is 5. The van der Waals surface area contributed by atoms with Crippen molar-refractivity contribution in [2.24, 2.45) is 11.8 Å². The van der Waals surface area contributed by atoms with E-state index < -0.39 is 31.4 Å². The van der Waals surface area contributed by atoms with Crippen molar-refractivity contribution in [3.63, 3.8) is 0 Å². The lowest BCUT2D eigenvalue weighted by Gasteiger charge is -2.38. The largest absolute Gasteiger partial charge is 0.417 e. The molecule has 3 saturated heterocycles. The molecular weight excluding hydrogens is 458 g/mol. The average Bonchev–Trinajstić information content (AvgIpc) is 3.37. The Kier molecular flexibility index (Phi) is 5.30. The number of nitrogens with zero attached hydrogens (tertiary/aromatic N) is 3. The van der Waals surface area contributed by atoms with E-state index in [9.17, 15) is 9.59 Å². The van der Waals surface area contributed by atoms with Crippen LogP contribution in [0.1, 0.15) is 47.0 Å². The predicted octanol–water partition coefficient (Wildman–Crippen LogP) is 5.62. The zero-order valence-corrected chi connectivity index (χ0v) is 22.3. The number of aromatic nitrogens is 1. The summed E-state index contributed by atoms with van der Waals surface area (Å²) in [6.07, 6.45) is 3.72. The number of imide groups is 1. The Morgan fingerprint density at radius 1 is 1.20 bits per heavy atom. The second kappa shape index (κ2) is 7.70. The number of rotatable bonds is 5. The first-order chi connectivity index (χ1) is 16.4. The van der Waals surface area contributed by atoms with E-state index in [1.54, 1.807) is 24.4 Å². The Balaban J connectivity index is 1.49. The smallest absolute Gasteiger partial charge is 0.240 e. The molecule has 1 aromatic carbocycles. The maximum Gasteiger partial charge on any atom is 0.240 e. The van der Waals surface area contributed by atoms with Crippen LogP contribution in [0.25, 0.3) is 15.7 Å². The van der Waals surface area contributed by atoms with E-state index in [0.29, 0.717) is 35.3 Å². The summed E-state index contributed by atoms with van der Waals surface area (Å²) in [4.78, 5) is 37.0. The molecule has 3 aliphatic heterocycles. The molecule has 2 aromatic rings. The molecule has 0 saturated carbocycles. The van der Waals surface area contributed by atoms with Gasteiger partial charge in [-0.2, -0.15) is 0 Å². The van der Waals surface area contributed by atoms with Crippen LogP contribution in [0.3, 0.4) is 0 Å². The summed E-state index contributed by atoms with van der Waals surface area (Å²) >= 11 is 0. The first kappa shape index (κ1) is 24.1. The van der Waals surface area contributed by atoms with Crippen molar-refractivity contribution in [3.8, 4) is 0 Å². The Morgan fingerprint density at radius 2 is 1.91 bits per heavy atom. The number of pyridine rings is 1. The lowest BCUT2D eigenvalue weighted by molar-refractivity contribution is -0.131.